The minimum absolute atomic E-state index is 0.168. The lowest BCUT2D eigenvalue weighted by molar-refractivity contribution is 0.573. The first-order valence-electron chi connectivity index (χ1n) is 6.31. The topological polar surface area (TPSA) is 64.0 Å². The maximum Gasteiger partial charge on any atom is 0.154 e. The summed E-state index contributed by atoms with van der Waals surface area (Å²) in [6, 6.07) is 0. The number of rotatable bonds is 7. The lowest BCUT2D eigenvalue weighted by atomic mass is 10.4. The first-order valence-corrected chi connectivity index (χ1v) is 8.03. The summed E-state index contributed by atoms with van der Waals surface area (Å²) in [6.07, 6.45) is 1.81. The Balaban J connectivity index is 2.75. The smallest absolute Gasteiger partial charge is 0.154 e. The Bertz CT molecular complexity index is 478. The molecule has 0 atom stereocenters. The van der Waals surface area contributed by atoms with E-state index < -0.39 is 9.84 Å². The molecule has 5 nitrogen and oxygen atoms in total. The molecular weight excluding hydrogens is 250 g/mol. The van der Waals surface area contributed by atoms with Crippen LogP contribution in [0.3, 0.4) is 0 Å². The lowest BCUT2D eigenvalue weighted by Gasteiger charge is -2.12. The molecule has 1 N–H and O–H groups in total. The SMILES string of the molecule is CCNCc1cnc(C)n1CCS(=O)(=O)C(C)C. The summed E-state index contributed by atoms with van der Waals surface area (Å²) in [4.78, 5) is 4.24. The highest BCUT2D eigenvalue weighted by molar-refractivity contribution is 7.91. The molecule has 0 saturated carbocycles. The van der Waals surface area contributed by atoms with Gasteiger partial charge >= 0.3 is 0 Å². The van der Waals surface area contributed by atoms with Crippen LogP contribution in [0.4, 0.5) is 0 Å². The van der Waals surface area contributed by atoms with Gasteiger partial charge in [0, 0.05) is 19.3 Å². The van der Waals surface area contributed by atoms with Gasteiger partial charge in [-0.2, -0.15) is 0 Å². The highest BCUT2D eigenvalue weighted by Gasteiger charge is 2.17. The van der Waals surface area contributed by atoms with Gasteiger partial charge in [0.25, 0.3) is 0 Å². The molecule has 0 aliphatic rings. The standard InChI is InChI=1S/C12H23N3O2S/c1-5-13-8-12-9-14-11(4)15(12)6-7-18(16,17)10(2)3/h9-10,13H,5-8H2,1-4H3. The summed E-state index contributed by atoms with van der Waals surface area (Å²) >= 11 is 0. The molecule has 0 aromatic carbocycles. The number of nitrogens with zero attached hydrogens (tertiary/aromatic N) is 2. The molecule has 0 bridgehead atoms. The maximum absolute atomic E-state index is 11.8. The Kier molecular flexibility index (Phi) is 5.34. The number of imidazole rings is 1. The van der Waals surface area contributed by atoms with Gasteiger partial charge in [0.05, 0.1) is 16.7 Å². The molecule has 0 aliphatic carbocycles. The van der Waals surface area contributed by atoms with Crippen LogP contribution in [-0.4, -0.2) is 35.5 Å². The summed E-state index contributed by atoms with van der Waals surface area (Å²) in [5, 5.41) is 2.91. The molecule has 1 aromatic rings. The van der Waals surface area contributed by atoms with Crippen molar-refractivity contribution in [3.8, 4) is 0 Å². The third-order valence-corrected chi connectivity index (χ3v) is 5.20. The average Bonchev–Trinajstić information content (AvgIpc) is 2.65. The van der Waals surface area contributed by atoms with Crippen molar-refractivity contribution in [3.63, 3.8) is 0 Å². The van der Waals surface area contributed by atoms with Crippen LogP contribution in [0.1, 0.15) is 32.3 Å². The molecule has 104 valence electrons. The van der Waals surface area contributed by atoms with Crippen LogP contribution in [0.15, 0.2) is 6.20 Å². The quantitative estimate of drug-likeness (QED) is 0.808. The number of sulfone groups is 1. The zero-order valence-corrected chi connectivity index (χ0v) is 12.4. The molecule has 1 heterocycles. The zero-order chi connectivity index (χ0) is 13.8. The Labute approximate surface area is 110 Å². The number of aromatic nitrogens is 2. The van der Waals surface area contributed by atoms with Crippen molar-refractivity contribution >= 4 is 9.84 Å². The van der Waals surface area contributed by atoms with Gasteiger partial charge < -0.3 is 9.88 Å². The monoisotopic (exact) mass is 273 g/mol. The van der Waals surface area contributed by atoms with E-state index in [0.29, 0.717) is 6.54 Å². The van der Waals surface area contributed by atoms with Gasteiger partial charge in [0.2, 0.25) is 0 Å². The van der Waals surface area contributed by atoms with E-state index in [0.717, 1.165) is 24.6 Å². The maximum atomic E-state index is 11.8. The van der Waals surface area contributed by atoms with Crippen molar-refractivity contribution in [2.45, 2.75) is 46.0 Å². The summed E-state index contributed by atoms with van der Waals surface area (Å²) in [5.41, 5.74) is 1.04. The van der Waals surface area contributed by atoms with E-state index in [9.17, 15) is 8.42 Å². The van der Waals surface area contributed by atoms with Crippen LogP contribution in [0.5, 0.6) is 0 Å². The molecule has 1 rings (SSSR count). The van der Waals surface area contributed by atoms with E-state index in [1.54, 1.807) is 20.0 Å². The number of hydrogen-bond acceptors (Lipinski definition) is 4. The van der Waals surface area contributed by atoms with E-state index in [1.165, 1.54) is 0 Å². The van der Waals surface area contributed by atoms with Gasteiger partial charge in [0.15, 0.2) is 9.84 Å². The van der Waals surface area contributed by atoms with Gasteiger partial charge in [-0.05, 0) is 27.3 Å². The Morgan fingerprint density at radius 1 is 1.44 bits per heavy atom. The number of hydrogen-bond donors (Lipinski definition) is 1. The Morgan fingerprint density at radius 3 is 2.67 bits per heavy atom. The normalized spacial score (nSPS) is 12.3. The molecule has 0 unspecified atom stereocenters. The fraction of sp³-hybridized carbons (Fsp3) is 0.750. The molecule has 0 saturated heterocycles. The average molecular weight is 273 g/mol. The van der Waals surface area contributed by atoms with Crippen molar-refractivity contribution in [2.24, 2.45) is 0 Å². The molecule has 0 fully saturated rings. The summed E-state index contributed by atoms with van der Waals surface area (Å²) in [7, 11) is -3.00. The molecule has 0 aliphatic heterocycles. The van der Waals surface area contributed by atoms with Gasteiger partial charge in [-0.15, -0.1) is 0 Å². The van der Waals surface area contributed by atoms with Crippen LogP contribution in [0.25, 0.3) is 0 Å². The predicted octanol–water partition coefficient (Wildman–Crippen LogP) is 1.12. The first kappa shape index (κ1) is 15.2. The van der Waals surface area contributed by atoms with Crippen LogP contribution in [0, 0.1) is 6.92 Å². The van der Waals surface area contributed by atoms with Gasteiger partial charge in [0.1, 0.15) is 5.82 Å². The van der Waals surface area contributed by atoms with E-state index in [2.05, 4.69) is 10.3 Å². The van der Waals surface area contributed by atoms with Gasteiger partial charge in [-0.3, -0.25) is 0 Å². The summed E-state index contributed by atoms with van der Waals surface area (Å²) < 4.78 is 25.6. The highest BCUT2D eigenvalue weighted by atomic mass is 32.2. The molecule has 18 heavy (non-hydrogen) atoms. The second-order valence-corrected chi connectivity index (χ2v) is 7.32. The molecular formula is C12H23N3O2S. The van der Waals surface area contributed by atoms with Crippen LogP contribution in [-0.2, 0) is 22.9 Å². The van der Waals surface area contributed by atoms with Crippen LogP contribution in [0.2, 0.25) is 0 Å². The van der Waals surface area contributed by atoms with Crippen molar-refractivity contribution in [1.29, 1.82) is 0 Å². The van der Waals surface area contributed by atoms with E-state index in [4.69, 9.17) is 0 Å². The molecule has 6 heteroatoms. The summed E-state index contributed by atoms with van der Waals surface area (Å²) in [6.45, 7) is 9.46. The molecule has 1 aromatic heterocycles. The van der Waals surface area contributed by atoms with Crippen molar-refractivity contribution in [2.75, 3.05) is 12.3 Å². The fourth-order valence-electron chi connectivity index (χ4n) is 1.67. The summed E-state index contributed by atoms with van der Waals surface area (Å²) in [5.74, 6) is 1.03. The van der Waals surface area contributed by atoms with Crippen molar-refractivity contribution in [1.82, 2.24) is 14.9 Å². The third-order valence-electron chi connectivity index (χ3n) is 3.01. The number of nitrogens with one attached hydrogen (secondary N) is 1. The van der Waals surface area contributed by atoms with E-state index in [1.807, 2.05) is 18.4 Å². The zero-order valence-electron chi connectivity index (χ0n) is 11.6. The van der Waals surface area contributed by atoms with E-state index in [-0.39, 0.29) is 11.0 Å². The van der Waals surface area contributed by atoms with E-state index >= 15 is 0 Å². The second-order valence-electron chi connectivity index (χ2n) is 4.64. The van der Waals surface area contributed by atoms with Gasteiger partial charge in [-0.25, -0.2) is 13.4 Å². The van der Waals surface area contributed by atoms with Crippen molar-refractivity contribution in [3.05, 3.63) is 17.7 Å². The minimum Gasteiger partial charge on any atom is -0.330 e. The Morgan fingerprint density at radius 2 is 2.11 bits per heavy atom. The largest absolute Gasteiger partial charge is 0.330 e. The van der Waals surface area contributed by atoms with Gasteiger partial charge in [-0.1, -0.05) is 6.92 Å². The highest BCUT2D eigenvalue weighted by Crippen LogP contribution is 2.08. The third kappa shape index (κ3) is 3.81. The predicted molar refractivity (Wildman–Crippen MR) is 73.3 cm³/mol. The first-order chi connectivity index (χ1) is 8.38. The molecule has 0 spiro atoms. The fourth-order valence-corrected chi connectivity index (χ4v) is 2.58. The van der Waals surface area contributed by atoms with Crippen LogP contribution >= 0.6 is 0 Å². The minimum atomic E-state index is -3.00. The lowest BCUT2D eigenvalue weighted by Crippen LogP contribution is -2.23. The van der Waals surface area contributed by atoms with Crippen molar-refractivity contribution < 1.29 is 8.42 Å². The second kappa shape index (κ2) is 6.33. The number of aryl methyl sites for hydroxylation is 1. The molecule has 0 amide bonds. The Hall–Kier alpha value is -0.880. The van der Waals surface area contributed by atoms with Crippen LogP contribution < -0.4 is 5.32 Å². The molecule has 0 radical (unpaired) electrons.